The van der Waals surface area contributed by atoms with Crippen LogP contribution in [-0.4, -0.2) is 11.1 Å². The Balaban J connectivity index is 3.29. The number of alkyl halides is 4. The Bertz CT molecular complexity index is 462. The van der Waals surface area contributed by atoms with Crippen molar-refractivity contribution in [3.8, 4) is 6.07 Å². The van der Waals surface area contributed by atoms with Gasteiger partial charge in [0, 0.05) is 5.56 Å². The van der Waals surface area contributed by atoms with Crippen LogP contribution in [0.15, 0.2) is 18.2 Å². The normalized spacial score (nSPS) is 10.9. The van der Waals surface area contributed by atoms with Gasteiger partial charge in [0.1, 0.15) is 0 Å². The second-order valence-electron chi connectivity index (χ2n) is 2.93. The molecule has 0 N–H and O–H groups in total. The van der Waals surface area contributed by atoms with Gasteiger partial charge in [-0.1, -0.05) is 15.9 Å². The smallest absolute Gasteiger partial charge is 0.293 e. The van der Waals surface area contributed by atoms with Crippen molar-refractivity contribution in [3.63, 3.8) is 0 Å². The molecule has 1 rings (SSSR count). The summed E-state index contributed by atoms with van der Waals surface area (Å²) in [4.78, 5) is 11.3. The molecule has 0 aliphatic carbocycles. The van der Waals surface area contributed by atoms with E-state index in [4.69, 9.17) is 5.26 Å². The molecule has 1 aromatic rings. The first kappa shape index (κ1) is 12.7. The second-order valence-corrected chi connectivity index (χ2v) is 3.49. The number of nitrogens with zero attached hydrogens (tertiary/aromatic N) is 1. The van der Waals surface area contributed by atoms with E-state index in [1.165, 1.54) is 0 Å². The molecule has 1 aromatic carbocycles. The molecule has 0 heterocycles. The third kappa shape index (κ3) is 2.61. The van der Waals surface area contributed by atoms with Crippen molar-refractivity contribution in [2.24, 2.45) is 0 Å². The average molecular weight is 292 g/mol. The fraction of sp³-hybridized carbons (Fsp3) is 0.200. The van der Waals surface area contributed by atoms with Gasteiger partial charge in [-0.15, -0.1) is 0 Å². The molecule has 84 valence electrons. The summed E-state index contributed by atoms with van der Waals surface area (Å²) in [5.74, 6) is -0.426. The Labute approximate surface area is 97.8 Å². The average Bonchev–Trinajstić information content (AvgIpc) is 2.26. The Morgan fingerprint density at radius 2 is 2.06 bits per heavy atom. The number of carbonyl (C=O) groups is 1. The molecule has 0 spiro atoms. The predicted octanol–water partition coefficient (Wildman–Crippen LogP) is 3.15. The van der Waals surface area contributed by atoms with E-state index in [-0.39, 0.29) is 16.5 Å². The molecule has 0 amide bonds. The fourth-order valence-corrected chi connectivity index (χ4v) is 1.43. The van der Waals surface area contributed by atoms with Crippen LogP contribution in [0.3, 0.4) is 0 Å². The Hall–Kier alpha value is -1.35. The fourth-order valence-electron chi connectivity index (χ4n) is 1.13. The molecule has 2 nitrogen and oxygen atoms in total. The largest absolute Gasteiger partial charge is 0.416 e. The van der Waals surface area contributed by atoms with E-state index in [2.05, 4.69) is 15.9 Å². The van der Waals surface area contributed by atoms with Crippen LogP contribution in [0.4, 0.5) is 13.2 Å². The van der Waals surface area contributed by atoms with E-state index >= 15 is 0 Å². The van der Waals surface area contributed by atoms with Crippen LogP contribution in [0, 0.1) is 11.3 Å². The minimum Gasteiger partial charge on any atom is -0.293 e. The highest BCUT2D eigenvalue weighted by molar-refractivity contribution is 9.09. The molecule has 0 fully saturated rings. The highest BCUT2D eigenvalue weighted by Crippen LogP contribution is 2.30. The standard InChI is InChI=1S/C10H5BrF3NO/c11-4-9(16)8-2-1-7(10(12,13)14)3-6(8)5-15/h1-3H,4H2. The number of nitriles is 1. The lowest BCUT2D eigenvalue weighted by atomic mass is 10.0. The van der Waals surface area contributed by atoms with E-state index in [9.17, 15) is 18.0 Å². The number of rotatable bonds is 2. The van der Waals surface area contributed by atoms with Crippen molar-refractivity contribution >= 4 is 21.7 Å². The molecule has 0 saturated carbocycles. The Morgan fingerprint density at radius 1 is 1.44 bits per heavy atom. The zero-order valence-electron chi connectivity index (χ0n) is 7.81. The van der Waals surface area contributed by atoms with Gasteiger partial charge < -0.3 is 0 Å². The van der Waals surface area contributed by atoms with Crippen LogP contribution in [0.25, 0.3) is 0 Å². The first-order valence-corrected chi connectivity index (χ1v) is 5.22. The summed E-state index contributed by atoms with van der Waals surface area (Å²) >= 11 is 2.89. The third-order valence-electron chi connectivity index (χ3n) is 1.89. The van der Waals surface area contributed by atoms with Crippen molar-refractivity contribution < 1.29 is 18.0 Å². The summed E-state index contributed by atoms with van der Waals surface area (Å²) in [6.45, 7) is 0. The maximum Gasteiger partial charge on any atom is 0.416 e. The SMILES string of the molecule is N#Cc1cc(C(F)(F)F)ccc1C(=O)CBr. The van der Waals surface area contributed by atoms with Crippen LogP contribution in [0.1, 0.15) is 21.5 Å². The number of carbonyl (C=O) groups excluding carboxylic acids is 1. The number of hydrogen-bond acceptors (Lipinski definition) is 2. The molecule has 0 bridgehead atoms. The quantitative estimate of drug-likeness (QED) is 0.620. The summed E-state index contributed by atoms with van der Waals surface area (Å²) in [6.07, 6.45) is -4.51. The van der Waals surface area contributed by atoms with E-state index in [0.717, 1.165) is 12.1 Å². The van der Waals surface area contributed by atoms with E-state index in [0.29, 0.717) is 6.07 Å². The van der Waals surface area contributed by atoms with Crippen molar-refractivity contribution in [3.05, 3.63) is 34.9 Å². The van der Waals surface area contributed by atoms with Crippen molar-refractivity contribution in [2.45, 2.75) is 6.18 Å². The molecule has 0 radical (unpaired) electrons. The minimum absolute atomic E-state index is 0.00706. The number of benzene rings is 1. The highest BCUT2D eigenvalue weighted by Gasteiger charge is 2.31. The summed E-state index contributed by atoms with van der Waals surface area (Å²) in [5.41, 5.74) is -1.21. The number of Topliss-reactive ketones (excluding diaryl/α,β-unsaturated/α-hetero) is 1. The van der Waals surface area contributed by atoms with Crippen molar-refractivity contribution in [2.75, 3.05) is 5.33 Å². The van der Waals surface area contributed by atoms with Gasteiger partial charge in [0.25, 0.3) is 0 Å². The molecule has 6 heteroatoms. The Kier molecular flexibility index (Phi) is 3.70. The van der Waals surface area contributed by atoms with Crippen LogP contribution >= 0.6 is 15.9 Å². The van der Waals surface area contributed by atoms with Gasteiger partial charge in [-0.25, -0.2) is 0 Å². The first-order chi connectivity index (χ1) is 7.40. The second kappa shape index (κ2) is 4.66. The van der Waals surface area contributed by atoms with E-state index in [1.807, 2.05) is 0 Å². The lowest BCUT2D eigenvalue weighted by Crippen LogP contribution is -2.09. The number of halogens is 4. The molecule has 0 aromatic heterocycles. The molecule has 0 aliphatic heterocycles. The van der Waals surface area contributed by atoms with Crippen molar-refractivity contribution in [1.29, 1.82) is 5.26 Å². The molecule has 16 heavy (non-hydrogen) atoms. The molecule has 0 saturated heterocycles. The molecular formula is C10H5BrF3NO. The number of hydrogen-bond donors (Lipinski definition) is 0. The van der Waals surface area contributed by atoms with Crippen LogP contribution in [-0.2, 0) is 6.18 Å². The minimum atomic E-state index is -4.51. The summed E-state index contributed by atoms with van der Waals surface area (Å²) < 4.78 is 36.9. The highest BCUT2D eigenvalue weighted by atomic mass is 79.9. The molecule has 0 aliphatic rings. The van der Waals surface area contributed by atoms with E-state index in [1.54, 1.807) is 6.07 Å². The van der Waals surface area contributed by atoms with Gasteiger partial charge >= 0.3 is 6.18 Å². The Morgan fingerprint density at radius 3 is 2.50 bits per heavy atom. The lowest BCUT2D eigenvalue weighted by molar-refractivity contribution is -0.137. The topological polar surface area (TPSA) is 40.9 Å². The monoisotopic (exact) mass is 291 g/mol. The maximum absolute atomic E-state index is 12.3. The van der Waals surface area contributed by atoms with Crippen LogP contribution < -0.4 is 0 Å². The van der Waals surface area contributed by atoms with Gasteiger partial charge in [0.05, 0.1) is 22.5 Å². The summed E-state index contributed by atoms with van der Waals surface area (Å²) in [6, 6.07) is 4.07. The van der Waals surface area contributed by atoms with Gasteiger partial charge in [-0.3, -0.25) is 4.79 Å². The summed E-state index contributed by atoms with van der Waals surface area (Å²) in [7, 11) is 0. The number of ketones is 1. The third-order valence-corrected chi connectivity index (χ3v) is 2.40. The molecule has 0 unspecified atom stereocenters. The van der Waals surface area contributed by atoms with Gasteiger partial charge in [-0.2, -0.15) is 18.4 Å². The first-order valence-electron chi connectivity index (χ1n) is 4.10. The molecular weight excluding hydrogens is 287 g/mol. The predicted molar refractivity (Wildman–Crippen MR) is 54.3 cm³/mol. The molecule has 0 atom stereocenters. The zero-order chi connectivity index (χ0) is 12.3. The zero-order valence-corrected chi connectivity index (χ0v) is 9.39. The summed E-state index contributed by atoms with van der Waals surface area (Å²) in [5, 5.41) is 8.63. The maximum atomic E-state index is 12.3. The van der Waals surface area contributed by atoms with Gasteiger partial charge in [-0.05, 0) is 18.2 Å². The van der Waals surface area contributed by atoms with E-state index < -0.39 is 17.5 Å². The van der Waals surface area contributed by atoms with Crippen molar-refractivity contribution in [1.82, 2.24) is 0 Å². The van der Waals surface area contributed by atoms with Gasteiger partial charge in [0.15, 0.2) is 5.78 Å². The van der Waals surface area contributed by atoms with Crippen LogP contribution in [0.5, 0.6) is 0 Å². The lowest BCUT2D eigenvalue weighted by Gasteiger charge is -2.08. The van der Waals surface area contributed by atoms with Gasteiger partial charge in [0.2, 0.25) is 0 Å². The van der Waals surface area contributed by atoms with Crippen LogP contribution in [0.2, 0.25) is 0 Å².